The Hall–Kier alpha value is -3.76. The largest absolute Gasteiger partial charge is 0.493 e. The van der Waals surface area contributed by atoms with Gasteiger partial charge in [0.25, 0.3) is 10.0 Å². The summed E-state index contributed by atoms with van der Waals surface area (Å²) in [4.78, 5) is 28.0. The molecule has 2 amide bonds. The zero-order chi connectivity index (χ0) is 29.3. The number of ether oxygens (including phenoxy) is 2. The fourth-order valence-electron chi connectivity index (χ4n) is 4.30. The molecule has 1 atom stereocenters. The van der Waals surface area contributed by atoms with Crippen molar-refractivity contribution < 1.29 is 27.5 Å². The molecule has 0 aliphatic heterocycles. The van der Waals surface area contributed by atoms with E-state index in [1.165, 1.54) is 56.5 Å². The van der Waals surface area contributed by atoms with Gasteiger partial charge < -0.3 is 19.7 Å². The van der Waals surface area contributed by atoms with Crippen LogP contribution in [0.4, 0.5) is 5.69 Å². The van der Waals surface area contributed by atoms with E-state index in [1.54, 1.807) is 19.1 Å². The lowest BCUT2D eigenvalue weighted by atomic mass is 10.1. The average Bonchev–Trinajstić information content (AvgIpc) is 2.98. The van der Waals surface area contributed by atoms with Gasteiger partial charge in [-0.25, -0.2) is 8.42 Å². The first-order chi connectivity index (χ1) is 19.2. The van der Waals surface area contributed by atoms with E-state index in [-0.39, 0.29) is 28.8 Å². The summed E-state index contributed by atoms with van der Waals surface area (Å²) in [5.41, 5.74) is 1.23. The van der Waals surface area contributed by atoms with Crippen molar-refractivity contribution in [2.75, 3.05) is 38.7 Å². The van der Waals surface area contributed by atoms with Crippen LogP contribution in [0.15, 0.2) is 77.7 Å². The number of carbonyl (C=O) groups is 2. The third-order valence-corrected chi connectivity index (χ3v) is 8.47. The summed E-state index contributed by atoms with van der Waals surface area (Å²) in [6.45, 7) is 1.49. The van der Waals surface area contributed by atoms with Crippen molar-refractivity contribution in [3.63, 3.8) is 0 Å². The third kappa shape index (κ3) is 7.25. The maximum Gasteiger partial charge on any atom is 0.264 e. The Morgan fingerprint density at radius 3 is 2.17 bits per heavy atom. The fraction of sp³-hybridized carbons (Fsp3) is 0.310. The first-order valence-corrected chi connectivity index (χ1v) is 14.5. The summed E-state index contributed by atoms with van der Waals surface area (Å²) in [5, 5.41) is 3.03. The molecule has 0 saturated carbocycles. The van der Waals surface area contributed by atoms with Crippen molar-refractivity contribution in [2.24, 2.45) is 0 Å². The summed E-state index contributed by atoms with van der Waals surface area (Å²) in [7, 11) is 0.0900. The quantitative estimate of drug-likeness (QED) is 0.322. The predicted molar refractivity (Wildman–Crippen MR) is 156 cm³/mol. The molecule has 9 nitrogen and oxygen atoms in total. The summed E-state index contributed by atoms with van der Waals surface area (Å²) < 4.78 is 39.6. The van der Waals surface area contributed by atoms with Crippen molar-refractivity contribution in [1.29, 1.82) is 0 Å². The number of rotatable bonds is 13. The molecule has 3 rings (SSSR count). The molecule has 214 valence electrons. The summed E-state index contributed by atoms with van der Waals surface area (Å²) in [6.07, 6.45) is 0.840. The molecule has 0 radical (unpaired) electrons. The van der Waals surface area contributed by atoms with Gasteiger partial charge in [-0.05, 0) is 54.8 Å². The van der Waals surface area contributed by atoms with Gasteiger partial charge in [0.05, 0.1) is 24.8 Å². The maximum atomic E-state index is 14.0. The van der Waals surface area contributed by atoms with Crippen LogP contribution in [0, 0.1) is 0 Å². The molecule has 0 heterocycles. The smallest absolute Gasteiger partial charge is 0.264 e. The van der Waals surface area contributed by atoms with Crippen LogP contribution in [0.2, 0.25) is 5.02 Å². The number of methoxy groups -OCH3 is 2. The Morgan fingerprint density at radius 1 is 0.950 bits per heavy atom. The van der Waals surface area contributed by atoms with E-state index in [4.69, 9.17) is 21.1 Å². The number of likely N-dealkylation sites (N-methyl/N-ethyl adjacent to an activating group) is 1. The highest BCUT2D eigenvalue weighted by atomic mass is 35.5. The molecule has 40 heavy (non-hydrogen) atoms. The van der Waals surface area contributed by atoms with Gasteiger partial charge in [0.2, 0.25) is 11.8 Å². The van der Waals surface area contributed by atoms with Crippen molar-refractivity contribution in [3.05, 3.63) is 83.4 Å². The van der Waals surface area contributed by atoms with Gasteiger partial charge in [0.15, 0.2) is 11.5 Å². The first kappa shape index (κ1) is 30.8. The molecule has 11 heteroatoms. The van der Waals surface area contributed by atoms with Crippen molar-refractivity contribution in [2.45, 2.75) is 30.7 Å². The Kier molecular flexibility index (Phi) is 10.8. The molecule has 0 aliphatic rings. The second-order valence-electron chi connectivity index (χ2n) is 8.87. The molecular weight excluding hydrogens is 554 g/mol. The lowest BCUT2D eigenvalue weighted by molar-refractivity contribution is -0.139. The molecule has 0 saturated heterocycles. The molecule has 0 aliphatic carbocycles. The molecular formula is C29H34ClN3O6S. The van der Waals surface area contributed by atoms with Crippen molar-refractivity contribution in [1.82, 2.24) is 10.2 Å². The van der Waals surface area contributed by atoms with E-state index in [1.807, 2.05) is 30.3 Å². The number of nitrogens with zero attached hydrogens (tertiary/aromatic N) is 2. The van der Waals surface area contributed by atoms with E-state index in [0.717, 1.165) is 9.87 Å². The number of nitrogens with one attached hydrogen (secondary N) is 1. The molecule has 0 unspecified atom stereocenters. The Labute approximate surface area is 240 Å². The first-order valence-electron chi connectivity index (χ1n) is 12.7. The number of benzene rings is 3. The summed E-state index contributed by atoms with van der Waals surface area (Å²) in [5.74, 6) is -0.268. The minimum Gasteiger partial charge on any atom is -0.493 e. The van der Waals surface area contributed by atoms with Crippen LogP contribution >= 0.6 is 11.6 Å². The Bertz CT molecular complexity index is 1400. The van der Waals surface area contributed by atoms with Crippen molar-refractivity contribution in [3.8, 4) is 11.5 Å². The number of carbonyl (C=O) groups excluding carboxylic acids is 2. The molecule has 0 spiro atoms. The summed E-state index contributed by atoms with van der Waals surface area (Å²) in [6, 6.07) is 19.1. The van der Waals surface area contributed by atoms with Crippen LogP contribution in [0.25, 0.3) is 0 Å². The molecule has 1 N–H and O–H groups in total. The lowest BCUT2D eigenvalue weighted by Gasteiger charge is -2.33. The highest BCUT2D eigenvalue weighted by Gasteiger charge is 2.33. The van der Waals surface area contributed by atoms with Crippen LogP contribution in [0.1, 0.15) is 18.9 Å². The van der Waals surface area contributed by atoms with Gasteiger partial charge in [-0.2, -0.15) is 0 Å². The van der Waals surface area contributed by atoms with Gasteiger partial charge >= 0.3 is 0 Å². The monoisotopic (exact) mass is 587 g/mol. The SMILES string of the molecule is CC[C@@H](C(=O)NC)N(CCc1ccccc1)C(=O)CN(c1ccc(Cl)cc1)S(=O)(=O)c1ccc(OC)c(OC)c1. The van der Waals surface area contributed by atoms with E-state index >= 15 is 0 Å². The number of hydrogen-bond acceptors (Lipinski definition) is 6. The minimum atomic E-state index is -4.27. The molecule has 0 aromatic heterocycles. The standard InChI is InChI=1S/C29H34ClN3O6S/c1-5-25(29(35)31-2)32(18-17-21-9-7-6-8-10-21)28(34)20-33(23-13-11-22(30)12-14-23)40(36,37)24-15-16-26(38-3)27(19-24)39-4/h6-16,19,25H,5,17-18,20H2,1-4H3,(H,31,35)/t25-/m0/s1. The Morgan fingerprint density at radius 2 is 1.60 bits per heavy atom. The van der Waals surface area contributed by atoms with Crippen LogP contribution in [0.5, 0.6) is 11.5 Å². The van der Waals surface area contributed by atoms with Crippen LogP contribution in [0.3, 0.4) is 0 Å². The van der Waals surface area contributed by atoms with Gasteiger partial charge in [-0.3, -0.25) is 13.9 Å². The van der Waals surface area contributed by atoms with Gasteiger partial charge in [-0.15, -0.1) is 0 Å². The average molecular weight is 588 g/mol. The van der Waals surface area contributed by atoms with Gasteiger partial charge in [0, 0.05) is 24.7 Å². The Balaban J connectivity index is 2.04. The number of halogens is 1. The number of amides is 2. The summed E-state index contributed by atoms with van der Waals surface area (Å²) >= 11 is 6.07. The maximum absolute atomic E-state index is 14.0. The molecule has 3 aromatic rings. The minimum absolute atomic E-state index is 0.0953. The van der Waals surface area contributed by atoms with E-state index < -0.39 is 28.5 Å². The van der Waals surface area contributed by atoms with Gasteiger partial charge in [0.1, 0.15) is 12.6 Å². The van der Waals surface area contributed by atoms with E-state index in [0.29, 0.717) is 23.6 Å². The topological polar surface area (TPSA) is 105 Å². The van der Waals surface area contributed by atoms with Crippen LogP contribution in [-0.4, -0.2) is 65.5 Å². The van der Waals surface area contributed by atoms with Crippen molar-refractivity contribution >= 4 is 39.1 Å². The number of anilines is 1. The van der Waals surface area contributed by atoms with Crippen LogP contribution in [-0.2, 0) is 26.0 Å². The zero-order valence-corrected chi connectivity index (χ0v) is 24.5. The molecule has 3 aromatic carbocycles. The number of sulfonamides is 1. The fourth-order valence-corrected chi connectivity index (χ4v) is 5.86. The predicted octanol–water partition coefficient (Wildman–Crippen LogP) is 4.15. The molecule has 0 bridgehead atoms. The third-order valence-electron chi connectivity index (χ3n) is 6.45. The number of hydrogen-bond donors (Lipinski definition) is 1. The second kappa shape index (κ2) is 14.0. The van der Waals surface area contributed by atoms with Crippen LogP contribution < -0.4 is 19.1 Å². The lowest BCUT2D eigenvalue weighted by Crippen LogP contribution is -2.52. The van der Waals surface area contributed by atoms with E-state index in [2.05, 4.69) is 5.32 Å². The molecule has 0 fully saturated rings. The van der Waals surface area contributed by atoms with Gasteiger partial charge in [-0.1, -0.05) is 48.9 Å². The van der Waals surface area contributed by atoms with E-state index in [9.17, 15) is 18.0 Å². The normalized spacial score (nSPS) is 11.8. The second-order valence-corrected chi connectivity index (χ2v) is 11.2. The highest BCUT2D eigenvalue weighted by Crippen LogP contribution is 2.32. The zero-order valence-electron chi connectivity index (χ0n) is 23.0. The highest BCUT2D eigenvalue weighted by molar-refractivity contribution is 7.92.